The lowest BCUT2D eigenvalue weighted by atomic mass is 10.1. The summed E-state index contributed by atoms with van der Waals surface area (Å²) in [6, 6.07) is 16.7. The number of methoxy groups -OCH3 is 1. The van der Waals surface area contributed by atoms with Crippen molar-refractivity contribution in [3.8, 4) is 17.0 Å². The van der Waals surface area contributed by atoms with E-state index < -0.39 is 5.82 Å². The number of piperazine rings is 1. The van der Waals surface area contributed by atoms with Gasteiger partial charge in [0.15, 0.2) is 5.82 Å². The summed E-state index contributed by atoms with van der Waals surface area (Å²) in [6.45, 7) is 5.98. The molecule has 0 atom stereocenters. The van der Waals surface area contributed by atoms with Gasteiger partial charge in [-0.25, -0.2) is 4.39 Å². The van der Waals surface area contributed by atoms with E-state index >= 15 is 0 Å². The third kappa shape index (κ3) is 5.79. The number of nitrogens with zero attached hydrogens (tertiary/aromatic N) is 5. The molecule has 2 heterocycles. The monoisotopic (exact) mass is 491 g/mol. The van der Waals surface area contributed by atoms with Crippen molar-refractivity contribution in [1.82, 2.24) is 20.0 Å². The van der Waals surface area contributed by atoms with Gasteiger partial charge in [-0.3, -0.25) is 9.59 Å². The molecule has 0 bridgehead atoms. The Balaban J connectivity index is 1.34. The third-order valence-corrected chi connectivity index (χ3v) is 6.25. The Kier molecular flexibility index (Phi) is 7.77. The largest absolute Gasteiger partial charge is 0.497 e. The van der Waals surface area contributed by atoms with Gasteiger partial charge in [0, 0.05) is 43.3 Å². The molecule has 3 aromatic rings. The molecular formula is C27H30FN5O3. The summed E-state index contributed by atoms with van der Waals surface area (Å²) in [6.07, 6.45) is 0. The molecule has 0 N–H and O–H groups in total. The first-order valence-electron chi connectivity index (χ1n) is 11.9. The number of carbonyl (C=O) groups is 2. The van der Waals surface area contributed by atoms with Gasteiger partial charge in [0.25, 0.3) is 5.91 Å². The lowest BCUT2D eigenvalue weighted by Gasteiger charge is -2.36. The Hall–Kier alpha value is -4.01. The van der Waals surface area contributed by atoms with E-state index in [-0.39, 0.29) is 24.4 Å². The van der Waals surface area contributed by atoms with Crippen molar-refractivity contribution in [3.63, 3.8) is 0 Å². The molecule has 0 unspecified atom stereocenters. The number of anilines is 1. The topological polar surface area (TPSA) is 78.9 Å². The van der Waals surface area contributed by atoms with Crippen LogP contribution in [-0.4, -0.2) is 77.7 Å². The molecule has 1 aliphatic rings. The predicted molar refractivity (Wildman–Crippen MR) is 135 cm³/mol. The van der Waals surface area contributed by atoms with Crippen LogP contribution in [0.5, 0.6) is 5.75 Å². The smallest absolute Gasteiger partial charge is 0.254 e. The molecule has 2 amide bonds. The molecule has 1 fully saturated rings. The van der Waals surface area contributed by atoms with Crippen molar-refractivity contribution in [2.45, 2.75) is 19.9 Å². The highest BCUT2D eigenvalue weighted by molar-refractivity contribution is 5.96. The molecule has 0 saturated carbocycles. The van der Waals surface area contributed by atoms with E-state index in [0.29, 0.717) is 31.7 Å². The summed E-state index contributed by atoms with van der Waals surface area (Å²) in [5, 5.41) is 8.76. The van der Waals surface area contributed by atoms with E-state index in [1.807, 2.05) is 50.2 Å². The number of aromatic nitrogens is 2. The van der Waals surface area contributed by atoms with Crippen LogP contribution in [0.4, 0.5) is 10.2 Å². The van der Waals surface area contributed by atoms with Gasteiger partial charge in [0.05, 0.1) is 12.8 Å². The second kappa shape index (κ2) is 11.2. The van der Waals surface area contributed by atoms with Crippen LogP contribution in [-0.2, 0) is 4.79 Å². The van der Waals surface area contributed by atoms with Gasteiger partial charge in [-0.1, -0.05) is 12.1 Å². The van der Waals surface area contributed by atoms with E-state index in [4.69, 9.17) is 4.74 Å². The molecule has 0 radical (unpaired) electrons. The van der Waals surface area contributed by atoms with Crippen molar-refractivity contribution >= 4 is 17.6 Å². The van der Waals surface area contributed by atoms with Crippen LogP contribution in [0.1, 0.15) is 24.2 Å². The van der Waals surface area contributed by atoms with Gasteiger partial charge in [-0.15, -0.1) is 10.2 Å². The normalized spacial score (nSPS) is 13.6. The Morgan fingerprint density at radius 3 is 2.33 bits per heavy atom. The van der Waals surface area contributed by atoms with E-state index in [2.05, 4.69) is 15.1 Å². The first-order valence-corrected chi connectivity index (χ1v) is 11.9. The second-order valence-corrected chi connectivity index (χ2v) is 8.91. The number of halogens is 1. The Labute approximate surface area is 210 Å². The summed E-state index contributed by atoms with van der Waals surface area (Å²) in [5.74, 6) is 0.705. The van der Waals surface area contributed by atoms with Crippen molar-refractivity contribution < 1.29 is 18.7 Å². The zero-order valence-corrected chi connectivity index (χ0v) is 20.7. The van der Waals surface area contributed by atoms with Crippen LogP contribution >= 0.6 is 0 Å². The maximum atomic E-state index is 13.2. The minimum Gasteiger partial charge on any atom is -0.497 e. The van der Waals surface area contributed by atoms with Crippen LogP contribution in [0, 0.1) is 5.82 Å². The zero-order valence-electron chi connectivity index (χ0n) is 20.7. The molecule has 36 heavy (non-hydrogen) atoms. The predicted octanol–water partition coefficient (Wildman–Crippen LogP) is 3.49. The second-order valence-electron chi connectivity index (χ2n) is 8.91. The fourth-order valence-electron chi connectivity index (χ4n) is 4.11. The number of carbonyl (C=O) groups excluding carboxylic acids is 2. The summed E-state index contributed by atoms with van der Waals surface area (Å²) in [5.41, 5.74) is 2.04. The molecular weight excluding hydrogens is 461 g/mol. The summed E-state index contributed by atoms with van der Waals surface area (Å²) in [7, 11) is 1.63. The summed E-state index contributed by atoms with van der Waals surface area (Å²) >= 11 is 0. The molecule has 0 aliphatic carbocycles. The maximum Gasteiger partial charge on any atom is 0.254 e. The highest BCUT2D eigenvalue weighted by Gasteiger charge is 2.27. The highest BCUT2D eigenvalue weighted by atomic mass is 19.1. The fraction of sp³-hybridized carbons (Fsp3) is 0.333. The van der Waals surface area contributed by atoms with Crippen LogP contribution in [0.2, 0.25) is 0 Å². The molecule has 1 saturated heterocycles. The molecule has 8 nitrogen and oxygen atoms in total. The van der Waals surface area contributed by atoms with E-state index in [1.54, 1.807) is 12.0 Å². The van der Waals surface area contributed by atoms with Gasteiger partial charge in [-0.05, 0) is 62.4 Å². The zero-order chi connectivity index (χ0) is 25.7. The van der Waals surface area contributed by atoms with Crippen LogP contribution < -0.4 is 9.64 Å². The fourth-order valence-corrected chi connectivity index (χ4v) is 4.11. The number of benzene rings is 2. The first kappa shape index (κ1) is 25.1. The number of amides is 2. The van der Waals surface area contributed by atoms with Crippen molar-refractivity contribution in [3.05, 3.63) is 72.0 Å². The first-order chi connectivity index (χ1) is 17.4. The number of ether oxygens (including phenoxy) is 1. The average Bonchev–Trinajstić information content (AvgIpc) is 2.91. The van der Waals surface area contributed by atoms with Gasteiger partial charge in [0.1, 0.15) is 18.1 Å². The van der Waals surface area contributed by atoms with Crippen LogP contribution in [0.15, 0.2) is 60.7 Å². The summed E-state index contributed by atoms with van der Waals surface area (Å²) < 4.78 is 18.5. The molecule has 9 heteroatoms. The number of rotatable bonds is 7. The van der Waals surface area contributed by atoms with Gasteiger partial charge < -0.3 is 19.4 Å². The van der Waals surface area contributed by atoms with E-state index in [0.717, 1.165) is 22.8 Å². The number of hydrogen-bond acceptors (Lipinski definition) is 6. The standard InChI is InChI=1S/C27H30FN5O3/c1-19(2)33(27(35)20-7-9-22(28)10-8-20)18-26(34)32-15-13-31(14-16-32)25-12-11-24(29-30-25)21-5-4-6-23(17-21)36-3/h4-12,17,19H,13-16,18H2,1-3H3. The molecule has 1 aliphatic heterocycles. The molecule has 0 spiro atoms. The Morgan fingerprint density at radius 2 is 1.72 bits per heavy atom. The van der Waals surface area contributed by atoms with Gasteiger partial charge in [-0.2, -0.15) is 0 Å². The van der Waals surface area contributed by atoms with Crippen molar-refractivity contribution in [1.29, 1.82) is 0 Å². The molecule has 4 rings (SSSR count). The van der Waals surface area contributed by atoms with Crippen LogP contribution in [0.25, 0.3) is 11.3 Å². The minimum absolute atomic E-state index is 0.0249. The molecule has 1 aromatic heterocycles. The highest BCUT2D eigenvalue weighted by Crippen LogP contribution is 2.23. The minimum atomic E-state index is -0.406. The maximum absolute atomic E-state index is 13.2. The van der Waals surface area contributed by atoms with Crippen LogP contribution in [0.3, 0.4) is 0 Å². The van der Waals surface area contributed by atoms with E-state index in [1.165, 1.54) is 29.2 Å². The van der Waals surface area contributed by atoms with Gasteiger partial charge in [0.2, 0.25) is 5.91 Å². The van der Waals surface area contributed by atoms with Crippen molar-refractivity contribution in [2.75, 3.05) is 44.7 Å². The quantitative estimate of drug-likeness (QED) is 0.504. The lowest BCUT2D eigenvalue weighted by molar-refractivity contribution is -0.132. The molecule has 2 aromatic carbocycles. The third-order valence-electron chi connectivity index (χ3n) is 6.25. The van der Waals surface area contributed by atoms with Gasteiger partial charge >= 0.3 is 0 Å². The number of hydrogen-bond donors (Lipinski definition) is 0. The average molecular weight is 492 g/mol. The van der Waals surface area contributed by atoms with Crippen molar-refractivity contribution in [2.24, 2.45) is 0 Å². The summed E-state index contributed by atoms with van der Waals surface area (Å²) in [4.78, 5) is 31.3. The molecule has 188 valence electrons. The lowest BCUT2D eigenvalue weighted by Crippen LogP contribution is -2.53. The Morgan fingerprint density at radius 1 is 1.00 bits per heavy atom. The Bertz CT molecular complexity index is 1190. The van der Waals surface area contributed by atoms with E-state index in [9.17, 15) is 14.0 Å². The SMILES string of the molecule is COc1cccc(-c2ccc(N3CCN(C(=O)CN(C(=O)c4ccc(F)cc4)C(C)C)CC3)nn2)c1.